The molecule has 4 nitrogen and oxygen atoms in total. The summed E-state index contributed by atoms with van der Waals surface area (Å²) in [6.45, 7) is 2.04. The number of aromatic nitrogens is 2. The van der Waals surface area contributed by atoms with Crippen molar-refractivity contribution in [2.45, 2.75) is 17.6 Å². The van der Waals surface area contributed by atoms with Gasteiger partial charge >= 0.3 is 0 Å². The third-order valence-corrected chi connectivity index (χ3v) is 4.27. The predicted octanol–water partition coefficient (Wildman–Crippen LogP) is 4.35. The second-order valence-electron chi connectivity index (χ2n) is 4.79. The fourth-order valence-corrected chi connectivity index (χ4v) is 2.80. The van der Waals surface area contributed by atoms with Crippen molar-refractivity contribution in [3.8, 4) is 17.1 Å². The van der Waals surface area contributed by atoms with Crippen LogP contribution in [-0.2, 0) is 5.75 Å². The van der Waals surface area contributed by atoms with Crippen LogP contribution in [0.4, 0.5) is 0 Å². The molecule has 112 valence electrons. The molecule has 0 aliphatic carbocycles. The zero-order valence-electron chi connectivity index (χ0n) is 12.4. The molecule has 2 aromatic carbocycles. The van der Waals surface area contributed by atoms with E-state index in [1.54, 1.807) is 18.9 Å². The monoisotopic (exact) mass is 312 g/mol. The molecule has 0 bridgehead atoms. The zero-order chi connectivity index (χ0) is 15.4. The normalized spacial score (nSPS) is 10.6. The van der Waals surface area contributed by atoms with Crippen LogP contribution in [0.15, 0.2) is 57.9 Å². The molecule has 0 atom stereocenters. The molecule has 3 aromatic rings. The van der Waals surface area contributed by atoms with Crippen molar-refractivity contribution in [2.24, 2.45) is 0 Å². The molecule has 22 heavy (non-hydrogen) atoms. The average Bonchev–Trinajstić information content (AvgIpc) is 3.02. The minimum atomic E-state index is 0.624. The molecule has 3 rings (SSSR count). The molecule has 0 aliphatic heterocycles. The van der Waals surface area contributed by atoms with Crippen LogP contribution in [0.1, 0.15) is 11.5 Å². The Morgan fingerprint density at radius 2 is 1.86 bits per heavy atom. The number of thioether (sulfide) groups is 1. The lowest BCUT2D eigenvalue weighted by Crippen LogP contribution is -1.86. The molecule has 1 heterocycles. The SMILES string of the molecule is COc1ccc(SCc2nc(-c3ccccc3C)no2)cc1. The lowest BCUT2D eigenvalue weighted by Gasteiger charge is -2.01. The van der Waals surface area contributed by atoms with E-state index in [2.05, 4.69) is 10.1 Å². The van der Waals surface area contributed by atoms with Gasteiger partial charge in [0.1, 0.15) is 5.75 Å². The van der Waals surface area contributed by atoms with Crippen LogP contribution in [0, 0.1) is 6.92 Å². The molecule has 0 saturated carbocycles. The first-order valence-electron chi connectivity index (χ1n) is 6.91. The minimum absolute atomic E-state index is 0.624. The van der Waals surface area contributed by atoms with Crippen LogP contribution in [-0.4, -0.2) is 17.3 Å². The van der Waals surface area contributed by atoms with Crippen molar-refractivity contribution in [2.75, 3.05) is 7.11 Å². The van der Waals surface area contributed by atoms with E-state index in [9.17, 15) is 0 Å². The molecule has 1 aromatic heterocycles. The van der Waals surface area contributed by atoms with Crippen LogP contribution >= 0.6 is 11.8 Å². The van der Waals surface area contributed by atoms with Crippen molar-refractivity contribution in [3.63, 3.8) is 0 Å². The lowest BCUT2D eigenvalue weighted by molar-refractivity contribution is 0.391. The Kier molecular flexibility index (Phi) is 4.44. The van der Waals surface area contributed by atoms with Crippen LogP contribution in [0.3, 0.4) is 0 Å². The van der Waals surface area contributed by atoms with Crippen LogP contribution in [0.25, 0.3) is 11.4 Å². The Balaban J connectivity index is 1.68. The van der Waals surface area contributed by atoms with E-state index in [1.165, 1.54) is 0 Å². The number of benzene rings is 2. The number of aryl methyl sites for hydroxylation is 1. The van der Waals surface area contributed by atoms with Gasteiger partial charge in [-0.1, -0.05) is 29.4 Å². The van der Waals surface area contributed by atoms with Gasteiger partial charge in [0, 0.05) is 10.5 Å². The van der Waals surface area contributed by atoms with Crippen LogP contribution in [0.5, 0.6) is 5.75 Å². The van der Waals surface area contributed by atoms with Gasteiger partial charge in [-0.25, -0.2) is 0 Å². The second kappa shape index (κ2) is 6.66. The van der Waals surface area contributed by atoms with Crippen LogP contribution in [0.2, 0.25) is 0 Å². The Morgan fingerprint density at radius 3 is 2.59 bits per heavy atom. The van der Waals surface area contributed by atoms with Gasteiger partial charge < -0.3 is 9.26 Å². The summed E-state index contributed by atoms with van der Waals surface area (Å²) in [6, 6.07) is 15.9. The molecule has 0 amide bonds. The van der Waals surface area contributed by atoms with E-state index in [0.29, 0.717) is 17.5 Å². The van der Waals surface area contributed by atoms with Gasteiger partial charge in [-0.15, -0.1) is 11.8 Å². The highest BCUT2D eigenvalue weighted by atomic mass is 32.2. The molecule has 0 unspecified atom stereocenters. The third kappa shape index (κ3) is 3.31. The molecule has 0 saturated heterocycles. The van der Waals surface area contributed by atoms with Crippen LogP contribution < -0.4 is 4.74 Å². The number of ether oxygens (including phenoxy) is 1. The van der Waals surface area contributed by atoms with Crippen molar-refractivity contribution in [1.29, 1.82) is 0 Å². The average molecular weight is 312 g/mol. The van der Waals surface area contributed by atoms with E-state index in [1.807, 2.05) is 55.5 Å². The van der Waals surface area contributed by atoms with Gasteiger partial charge in [-0.05, 0) is 36.8 Å². The largest absolute Gasteiger partial charge is 0.497 e. The fourth-order valence-electron chi connectivity index (χ4n) is 2.06. The lowest BCUT2D eigenvalue weighted by atomic mass is 10.1. The maximum Gasteiger partial charge on any atom is 0.237 e. The minimum Gasteiger partial charge on any atom is -0.497 e. The number of hydrogen-bond acceptors (Lipinski definition) is 5. The number of hydrogen-bond donors (Lipinski definition) is 0. The molecular formula is C17H16N2O2S. The van der Waals surface area contributed by atoms with Gasteiger partial charge in [0.05, 0.1) is 12.9 Å². The van der Waals surface area contributed by atoms with E-state index in [-0.39, 0.29) is 0 Å². The quantitative estimate of drug-likeness (QED) is 0.656. The van der Waals surface area contributed by atoms with E-state index in [0.717, 1.165) is 21.8 Å². The Morgan fingerprint density at radius 1 is 1.09 bits per heavy atom. The molecule has 0 spiro atoms. The summed E-state index contributed by atoms with van der Waals surface area (Å²) in [5.74, 6) is 2.76. The molecule has 0 radical (unpaired) electrons. The smallest absolute Gasteiger partial charge is 0.237 e. The molecule has 5 heteroatoms. The number of rotatable bonds is 5. The topological polar surface area (TPSA) is 48.2 Å². The van der Waals surface area contributed by atoms with Gasteiger partial charge in [0.2, 0.25) is 11.7 Å². The van der Waals surface area contributed by atoms with Gasteiger partial charge in [-0.2, -0.15) is 4.98 Å². The first kappa shape index (κ1) is 14.7. The summed E-state index contributed by atoms with van der Waals surface area (Å²) in [5.41, 5.74) is 2.14. The fraction of sp³-hybridized carbons (Fsp3) is 0.176. The van der Waals surface area contributed by atoms with Gasteiger partial charge in [0.15, 0.2) is 0 Å². The first-order valence-corrected chi connectivity index (χ1v) is 7.90. The van der Waals surface area contributed by atoms with E-state index >= 15 is 0 Å². The molecule has 0 aliphatic rings. The van der Waals surface area contributed by atoms with Gasteiger partial charge in [0.25, 0.3) is 0 Å². The summed E-state index contributed by atoms with van der Waals surface area (Å²) < 4.78 is 10.5. The highest BCUT2D eigenvalue weighted by molar-refractivity contribution is 7.98. The third-order valence-electron chi connectivity index (χ3n) is 3.28. The summed E-state index contributed by atoms with van der Waals surface area (Å²) in [5, 5.41) is 4.07. The highest BCUT2D eigenvalue weighted by Gasteiger charge is 2.10. The second-order valence-corrected chi connectivity index (χ2v) is 5.84. The van der Waals surface area contributed by atoms with E-state index < -0.39 is 0 Å². The van der Waals surface area contributed by atoms with E-state index in [4.69, 9.17) is 9.26 Å². The van der Waals surface area contributed by atoms with Crippen molar-refractivity contribution < 1.29 is 9.26 Å². The molecule has 0 fully saturated rings. The van der Waals surface area contributed by atoms with Crippen molar-refractivity contribution in [1.82, 2.24) is 10.1 Å². The predicted molar refractivity (Wildman–Crippen MR) is 87.0 cm³/mol. The van der Waals surface area contributed by atoms with Crippen molar-refractivity contribution in [3.05, 3.63) is 60.0 Å². The Labute approximate surface area is 133 Å². The summed E-state index contributed by atoms with van der Waals surface area (Å²) in [6.07, 6.45) is 0. The van der Waals surface area contributed by atoms with Gasteiger partial charge in [-0.3, -0.25) is 0 Å². The Hall–Kier alpha value is -2.27. The van der Waals surface area contributed by atoms with Crippen molar-refractivity contribution >= 4 is 11.8 Å². The highest BCUT2D eigenvalue weighted by Crippen LogP contribution is 2.26. The number of nitrogens with zero attached hydrogens (tertiary/aromatic N) is 2. The maximum absolute atomic E-state index is 5.33. The molecule has 0 N–H and O–H groups in total. The standard InChI is InChI=1S/C17H16N2O2S/c1-12-5-3-4-6-15(12)17-18-16(21-19-17)11-22-14-9-7-13(20-2)8-10-14/h3-10H,11H2,1-2H3. The number of methoxy groups -OCH3 is 1. The first-order chi connectivity index (χ1) is 10.8. The summed E-state index contributed by atoms with van der Waals surface area (Å²) in [4.78, 5) is 5.60. The molecular weight excluding hydrogens is 296 g/mol. The zero-order valence-corrected chi connectivity index (χ0v) is 13.3. The summed E-state index contributed by atoms with van der Waals surface area (Å²) >= 11 is 1.65. The summed E-state index contributed by atoms with van der Waals surface area (Å²) in [7, 11) is 1.66. The Bertz CT molecular complexity index is 753. The maximum atomic E-state index is 5.33.